The van der Waals surface area contributed by atoms with Gasteiger partial charge in [0.05, 0.1) is 9.83 Å². The molecule has 1 fully saturated rings. The molecule has 0 spiro atoms. The van der Waals surface area contributed by atoms with Gasteiger partial charge in [0, 0.05) is 22.4 Å². The third-order valence-electron chi connectivity index (χ3n) is 3.39. The van der Waals surface area contributed by atoms with Gasteiger partial charge >= 0.3 is 0 Å². The Morgan fingerprint density at radius 2 is 2.30 bits per heavy atom. The Kier molecular flexibility index (Phi) is 4.38. The van der Waals surface area contributed by atoms with E-state index in [4.69, 9.17) is 0 Å². The number of halogens is 1. The van der Waals surface area contributed by atoms with Crippen molar-refractivity contribution in [2.75, 3.05) is 6.54 Å². The fourth-order valence-electron chi connectivity index (χ4n) is 2.47. The predicted molar refractivity (Wildman–Crippen MR) is 89.1 cm³/mol. The van der Waals surface area contributed by atoms with Crippen LogP contribution in [0.5, 0.6) is 0 Å². The van der Waals surface area contributed by atoms with E-state index in [9.17, 15) is 4.79 Å². The van der Waals surface area contributed by atoms with E-state index >= 15 is 0 Å². The first-order valence-electron chi connectivity index (χ1n) is 6.51. The molecule has 0 bridgehead atoms. The van der Waals surface area contributed by atoms with Crippen molar-refractivity contribution < 1.29 is 4.79 Å². The SMILES string of the molecule is O=C(/C=C/c1ccc(Br)s1)N1CCCC1c1cccs1. The van der Waals surface area contributed by atoms with Gasteiger partial charge < -0.3 is 4.90 Å². The highest BCUT2D eigenvalue weighted by Crippen LogP contribution is 2.34. The molecular weight excluding hydrogens is 354 g/mol. The summed E-state index contributed by atoms with van der Waals surface area (Å²) in [6, 6.07) is 8.46. The van der Waals surface area contributed by atoms with Gasteiger partial charge in [-0.3, -0.25) is 4.79 Å². The molecule has 0 radical (unpaired) electrons. The van der Waals surface area contributed by atoms with Crippen LogP contribution in [-0.2, 0) is 4.79 Å². The average Bonchev–Trinajstić information content (AvgIpc) is 3.16. The standard InChI is InChI=1S/C15H14BrNOS2/c16-14-7-5-11(20-14)6-8-15(18)17-9-1-3-12(17)13-4-2-10-19-13/h2,4-8,10,12H,1,3,9H2/b8-6+. The van der Waals surface area contributed by atoms with E-state index in [0.29, 0.717) is 0 Å². The van der Waals surface area contributed by atoms with Gasteiger partial charge in [-0.05, 0) is 58.4 Å². The van der Waals surface area contributed by atoms with Crippen molar-refractivity contribution in [2.45, 2.75) is 18.9 Å². The Labute approximate surface area is 134 Å². The summed E-state index contributed by atoms with van der Waals surface area (Å²) in [7, 11) is 0. The van der Waals surface area contributed by atoms with Crippen LogP contribution in [0.1, 0.15) is 28.6 Å². The minimum absolute atomic E-state index is 0.116. The molecule has 5 heteroatoms. The van der Waals surface area contributed by atoms with Crippen molar-refractivity contribution in [1.82, 2.24) is 4.90 Å². The lowest BCUT2D eigenvalue weighted by Gasteiger charge is -2.22. The highest BCUT2D eigenvalue weighted by Gasteiger charge is 2.29. The van der Waals surface area contributed by atoms with Crippen LogP contribution in [0.2, 0.25) is 0 Å². The minimum atomic E-state index is 0.116. The topological polar surface area (TPSA) is 20.3 Å². The molecule has 1 aliphatic heterocycles. The largest absolute Gasteiger partial charge is 0.331 e. The number of carbonyl (C=O) groups excluding carboxylic acids is 1. The van der Waals surface area contributed by atoms with Crippen molar-refractivity contribution in [2.24, 2.45) is 0 Å². The summed E-state index contributed by atoms with van der Waals surface area (Å²) in [4.78, 5) is 16.7. The van der Waals surface area contributed by atoms with E-state index in [0.717, 1.165) is 28.0 Å². The van der Waals surface area contributed by atoms with Gasteiger partial charge in [0.1, 0.15) is 0 Å². The molecule has 1 aliphatic rings. The fourth-order valence-corrected chi connectivity index (χ4v) is 4.67. The molecular formula is C15H14BrNOS2. The van der Waals surface area contributed by atoms with Gasteiger partial charge in [-0.15, -0.1) is 22.7 Å². The molecule has 1 saturated heterocycles. The zero-order valence-electron chi connectivity index (χ0n) is 10.8. The molecule has 20 heavy (non-hydrogen) atoms. The quantitative estimate of drug-likeness (QED) is 0.702. The number of nitrogens with zero attached hydrogens (tertiary/aromatic N) is 1. The van der Waals surface area contributed by atoms with Crippen LogP contribution in [0, 0.1) is 0 Å². The molecule has 3 rings (SSSR count). The third kappa shape index (κ3) is 3.05. The fraction of sp³-hybridized carbons (Fsp3) is 0.267. The van der Waals surface area contributed by atoms with Crippen LogP contribution >= 0.6 is 38.6 Å². The lowest BCUT2D eigenvalue weighted by molar-refractivity contribution is -0.126. The van der Waals surface area contributed by atoms with E-state index in [1.165, 1.54) is 4.88 Å². The monoisotopic (exact) mass is 367 g/mol. The smallest absolute Gasteiger partial charge is 0.247 e. The Morgan fingerprint density at radius 1 is 1.40 bits per heavy atom. The molecule has 1 unspecified atom stereocenters. The van der Waals surface area contributed by atoms with Crippen molar-refractivity contribution in [3.05, 3.63) is 49.3 Å². The van der Waals surface area contributed by atoms with Gasteiger partial charge in [-0.25, -0.2) is 0 Å². The van der Waals surface area contributed by atoms with Crippen LogP contribution in [0.25, 0.3) is 6.08 Å². The molecule has 1 amide bonds. The zero-order valence-corrected chi connectivity index (χ0v) is 14.0. The van der Waals surface area contributed by atoms with Gasteiger partial charge in [-0.2, -0.15) is 0 Å². The van der Waals surface area contributed by atoms with E-state index in [-0.39, 0.29) is 11.9 Å². The number of hydrogen-bond acceptors (Lipinski definition) is 3. The maximum Gasteiger partial charge on any atom is 0.247 e. The Balaban J connectivity index is 1.71. The normalized spacial score (nSPS) is 19.1. The van der Waals surface area contributed by atoms with Gasteiger partial charge in [0.2, 0.25) is 5.91 Å². The molecule has 0 aromatic carbocycles. The minimum Gasteiger partial charge on any atom is -0.331 e. The second kappa shape index (κ2) is 6.24. The van der Waals surface area contributed by atoms with Crippen molar-refractivity contribution in [3.8, 4) is 0 Å². The summed E-state index contributed by atoms with van der Waals surface area (Å²) in [5, 5.41) is 2.08. The Hall–Kier alpha value is -0.910. The Morgan fingerprint density at radius 3 is 3.00 bits per heavy atom. The maximum absolute atomic E-state index is 12.4. The highest BCUT2D eigenvalue weighted by atomic mass is 79.9. The zero-order chi connectivity index (χ0) is 13.9. The summed E-state index contributed by atoms with van der Waals surface area (Å²) in [5.74, 6) is 0.116. The van der Waals surface area contributed by atoms with Crippen LogP contribution in [0.4, 0.5) is 0 Å². The van der Waals surface area contributed by atoms with Crippen molar-refractivity contribution in [3.63, 3.8) is 0 Å². The molecule has 2 aromatic rings. The maximum atomic E-state index is 12.4. The molecule has 3 heterocycles. The number of likely N-dealkylation sites (tertiary alicyclic amines) is 1. The van der Waals surface area contributed by atoms with Gasteiger partial charge in [-0.1, -0.05) is 6.07 Å². The molecule has 0 aliphatic carbocycles. The van der Waals surface area contributed by atoms with Gasteiger partial charge in [0.25, 0.3) is 0 Å². The highest BCUT2D eigenvalue weighted by molar-refractivity contribution is 9.11. The number of hydrogen-bond donors (Lipinski definition) is 0. The number of amides is 1. The van der Waals surface area contributed by atoms with E-state index in [1.807, 2.05) is 23.1 Å². The van der Waals surface area contributed by atoms with Crippen LogP contribution < -0.4 is 0 Å². The molecule has 104 valence electrons. The van der Waals surface area contributed by atoms with E-state index < -0.39 is 0 Å². The lowest BCUT2D eigenvalue weighted by Crippen LogP contribution is -2.28. The number of rotatable bonds is 3. The first-order chi connectivity index (χ1) is 9.74. The van der Waals surface area contributed by atoms with E-state index in [1.54, 1.807) is 28.7 Å². The first-order valence-corrected chi connectivity index (χ1v) is 9.00. The Bertz CT molecular complexity index is 618. The third-order valence-corrected chi connectivity index (χ3v) is 5.95. The number of thiophene rings is 2. The predicted octanol–water partition coefficient (Wildman–Crippen LogP) is 4.95. The second-order valence-corrected chi connectivity index (χ2v) is 8.15. The summed E-state index contributed by atoms with van der Waals surface area (Å²) < 4.78 is 1.09. The van der Waals surface area contributed by atoms with E-state index in [2.05, 4.69) is 33.4 Å². The molecule has 2 nitrogen and oxygen atoms in total. The summed E-state index contributed by atoms with van der Waals surface area (Å²) in [5.41, 5.74) is 0. The summed E-state index contributed by atoms with van der Waals surface area (Å²) in [6.45, 7) is 0.861. The first kappa shape index (κ1) is 14.0. The summed E-state index contributed by atoms with van der Waals surface area (Å²) in [6.07, 6.45) is 5.77. The van der Waals surface area contributed by atoms with Crippen LogP contribution in [-0.4, -0.2) is 17.4 Å². The molecule has 0 saturated carbocycles. The summed E-state index contributed by atoms with van der Waals surface area (Å²) >= 11 is 6.80. The lowest BCUT2D eigenvalue weighted by atomic mass is 10.2. The second-order valence-electron chi connectivity index (χ2n) is 4.68. The van der Waals surface area contributed by atoms with Crippen LogP contribution in [0.15, 0.2) is 39.5 Å². The van der Waals surface area contributed by atoms with Crippen molar-refractivity contribution in [1.29, 1.82) is 0 Å². The molecule has 0 N–H and O–H groups in total. The van der Waals surface area contributed by atoms with Crippen molar-refractivity contribution >= 4 is 50.6 Å². The molecule has 1 atom stereocenters. The molecule has 2 aromatic heterocycles. The number of carbonyl (C=O) groups is 1. The van der Waals surface area contributed by atoms with Gasteiger partial charge in [0.15, 0.2) is 0 Å². The average molecular weight is 368 g/mol. The van der Waals surface area contributed by atoms with Crippen LogP contribution in [0.3, 0.4) is 0 Å².